The summed E-state index contributed by atoms with van der Waals surface area (Å²) in [5, 5.41) is 6.08. The Balaban J connectivity index is 1.84. The zero-order valence-electron chi connectivity index (χ0n) is 12.5. The van der Waals surface area contributed by atoms with Gasteiger partial charge in [-0.1, -0.05) is 35.3 Å². The number of nitrogens with zero attached hydrogens (tertiary/aromatic N) is 1. The average molecular weight is 357 g/mol. The van der Waals surface area contributed by atoms with Crippen LogP contribution < -0.4 is 5.32 Å². The summed E-state index contributed by atoms with van der Waals surface area (Å²) >= 11 is 13.5. The molecule has 0 bridgehead atoms. The van der Waals surface area contributed by atoms with Gasteiger partial charge in [0.2, 0.25) is 5.91 Å². The lowest BCUT2D eigenvalue weighted by atomic mass is 10.2. The quantitative estimate of drug-likeness (QED) is 0.833. The van der Waals surface area contributed by atoms with Gasteiger partial charge in [-0.05, 0) is 43.1 Å². The maximum Gasteiger partial charge on any atom is 0.234 e. The first-order valence-electron chi connectivity index (χ1n) is 6.91. The highest BCUT2D eigenvalue weighted by Gasteiger charge is 2.12. The highest BCUT2D eigenvalue weighted by molar-refractivity contribution is 7.10. The molecule has 0 aliphatic rings. The fourth-order valence-corrected chi connectivity index (χ4v) is 3.20. The van der Waals surface area contributed by atoms with Gasteiger partial charge < -0.3 is 5.32 Å². The molecule has 0 aliphatic carbocycles. The van der Waals surface area contributed by atoms with Crippen LogP contribution in [-0.2, 0) is 11.3 Å². The molecule has 3 nitrogen and oxygen atoms in total. The Labute approximate surface area is 144 Å². The second kappa shape index (κ2) is 7.97. The van der Waals surface area contributed by atoms with Gasteiger partial charge in [0, 0.05) is 11.4 Å². The Hall–Kier alpha value is -1.07. The van der Waals surface area contributed by atoms with Crippen LogP contribution in [0.5, 0.6) is 0 Å². The van der Waals surface area contributed by atoms with Crippen molar-refractivity contribution in [3.8, 4) is 0 Å². The first-order valence-corrected chi connectivity index (χ1v) is 8.54. The second-order valence-electron chi connectivity index (χ2n) is 5.23. The predicted octanol–water partition coefficient (Wildman–Crippen LogP) is 4.36. The molecule has 1 N–H and O–H groups in total. The first-order chi connectivity index (χ1) is 10.5. The minimum Gasteiger partial charge on any atom is -0.348 e. The normalized spacial score (nSPS) is 12.4. The second-order valence-corrected chi connectivity index (χ2v) is 7.02. The standard InChI is InChI=1S/C16H18Cl2N2OS/c1-11(15-4-3-7-22-15)19-16(21)10-20(2)9-12-5-6-13(17)14(18)8-12/h3-8,11H,9-10H2,1-2H3,(H,19,21)/t11-/m1/s1. The lowest BCUT2D eigenvalue weighted by molar-refractivity contribution is -0.122. The van der Waals surface area contributed by atoms with Crippen LogP contribution in [0.2, 0.25) is 10.0 Å². The Kier molecular flexibility index (Phi) is 6.26. The van der Waals surface area contributed by atoms with Gasteiger partial charge in [0.05, 0.1) is 22.6 Å². The molecule has 0 unspecified atom stereocenters. The number of halogens is 2. The molecule has 1 heterocycles. The van der Waals surface area contributed by atoms with Gasteiger partial charge in [-0.3, -0.25) is 9.69 Å². The lowest BCUT2D eigenvalue weighted by Gasteiger charge is -2.18. The molecule has 118 valence electrons. The van der Waals surface area contributed by atoms with Crippen LogP contribution in [0.3, 0.4) is 0 Å². The van der Waals surface area contributed by atoms with Crippen LogP contribution in [0.1, 0.15) is 23.4 Å². The number of thiophene rings is 1. The number of amides is 1. The van der Waals surface area contributed by atoms with Crippen molar-refractivity contribution in [2.75, 3.05) is 13.6 Å². The Morgan fingerprint density at radius 1 is 1.32 bits per heavy atom. The smallest absolute Gasteiger partial charge is 0.234 e. The van der Waals surface area contributed by atoms with Gasteiger partial charge in [-0.2, -0.15) is 0 Å². The Bertz CT molecular complexity index is 631. The van der Waals surface area contributed by atoms with E-state index in [4.69, 9.17) is 23.2 Å². The number of carbonyl (C=O) groups is 1. The van der Waals surface area contributed by atoms with E-state index in [0.29, 0.717) is 23.1 Å². The Morgan fingerprint density at radius 3 is 2.73 bits per heavy atom. The third-order valence-corrected chi connectivity index (χ3v) is 4.99. The van der Waals surface area contributed by atoms with Crippen LogP contribution in [0.25, 0.3) is 0 Å². The van der Waals surface area contributed by atoms with Crippen LogP contribution >= 0.6 is 34.5 Å². The van der Waals surface area contributed by atoms with E-state index < -0.39 is 0 Å². The molecule has 1 aromatic carbocycles. The van der Waals surface area contributed by atoms with E-state index in [1.54, 1.807) is 17.4 Å². The summed E-state index contributed by atoms with van der Waals surface area (Å²) in [4.78, 5) is 15.2. The van der Waals surface area contributed by atoms with Gasteiger partial charge in [0.15, 0.2) is 0 Å². The number of hydrogen-bond acceptors (Lipinski definition) is 3. The molecule has 0 spiro atoms. The van der Waals surface area contributed by atoms with Crippen LogP contribution in [0, 0.1) is 0 Å². The summed E-state index contributed by atoms with van der Waals surface area (Å²) in [6, 6.07) is 9.55. The molecule has 6 heteroatoms. The average Bonchev–Trinajstić information content (AvgIpc) is 2.96. The number of carbonyl (C=O) groups excluding carboxylic acids is 1. The van der Waals surface area contributed by atoms with Crippen LogP contribution in [0.4, 0.5) is 0 Å². The Morgan fingerprint density at radius 2 is 2.09 bits per heavy atom. The third kappa shape index (κ3) is 4.99. The van der Waals surface area contributed by atoms with Crippen molar-refractivity contribution >= 4 is 40.4 Å². The van der Waals surface area contributed by atoms with Crippen molar-refractivity contribution < 1.29 is 4.79 Å². The number of benzene rings is 1. The molecular weight excluding hydrogens is 339 g/mol. The van der Waals surface area contributed by atoms with Crippen LogP contribution in [-0.4, -0.2) is 24.4 Å². The minimum atomic E-state index is 0.00320. The molecular formula is C16H18Cl2N2OS. The van der Waals surface area contributed by atoms with E-state index in [2.05, 4.69) is 5.32 Å². The molecule has 0 radical (unpaired) electrons. The van der Waals surface area contributed by atoms with Gasteiger partial charge in [-0.25, -0.2) is 0 Å². The van der Waals surface area contributed by atoms with Gasteiger partial charge in [0.1, 0.15) is 0 Å². The predicted molar refractivity (Wildman–Crippen MR) is 93.7 cm³/mol. The fourth-order valence-electron chi connectivity index (χ4n) is 2.15. The maximum absolute atomic E-state index is 12.1. The fraction of sp³-hybridized carbons (Fsp3) is 0.312. The van der Waals surface area contributed by atoms with E-state index in [9.17, 15) is 4.79 Å². The molecule has 1 amide bonds. The van der Waals surface area contributed by atoms with Crippen molar-refractivity contribution in [3.63, 3.8) is 0 Å². The number of hydrogen-bond donors (Lipinski definition) is 1. The zero-order chi connectivity index (χ0) is 16.1. The summed E-state index contributed by atoms with van der Waals surface area (Å²) in [5.41, 5.74) is 1.02. The maximum atomic E-state index is 12.1. The van der Waals surface area contributed by atoms with Gasteiger partial charge >= 0.3 is 0 Å². The van der Waals surface area contributed by atoms with Gasteiger partial charge in [-0.15, -0.1) is 11.3 Å². The summed E-state index contributed by atoms with van der Waals surface area (Å²) in [6.45, 7) is 2.95. The number of rotatable bonds is 6. The molecule has 0 fully saturated rings. The number of nitrogens with one attached hydrogen (secondary N) is 1. The van der Waals surface area contributed by atoms with E-state index in [0.717, 1.165) is 10.4 Å². The highest BCUT2D eigenvalue weighted by atomic mass is 35.5. The van der Waals surface area contributed by atoms with Crippen molar-refractivity contribution in [2.45, 2.75) is 19.5 Å². The highest BCUT2D eigenvalue weighted by Crippen LogP contribution is 2.23. The summed E-state index contributed by atoms with van der Waals surface area (Å²) in [6.07, 6.45) is 0. The lowest BCUT2D eigenvalue weighted by Crippen LogP contribution is -2.36. The summed E-state index contributed by atoms with van der Waals surface area (Å²) < 4.78 is 0. The zero-order valence-corrected chi connectivity index (χ0v) is 14.8. The van der Waals surface area contributed by atoms with E-state index in [1.165, 1.54) is 0 Å². The molecule has 0 saturated carbocycles. The molecule has 1 atom stereocenters. The molecule has 0 aliphatic heterocycles. The third-order valence-electron chi connectivity index (χ3n) is 3.20. The summed E-state index contributed by atoms with van der Waals surface area (Å²) in [7, 11) is 1.90. The van der Waals surface area contributed by atoms with Crippen molar-refractivity contribution in [1.82, 2.24) is 10.2 Å². The minimum absolute atomic E-state index is 0.00320. The van der Waals surface area contributed by atoms with Crippen molar-refractivity contribution in [3.05, 3.63) is 56.2 Å². The SMILES string of the molecule is C[C@@H](NC(=O)CN(C)Cc1ccc(Cl)c(Cl)c1)c1cccs1. The largest absolute Gasteiger partial charge is 0.348 e. The first kappa shape index (κ1) is 17.3. The number of likely N-dealkylation sites (N-methyl/N-ethyl adjacent to an activating group) is 1. The van der Waals surface area contributed by atoms with E-state index >= 15 is 0 Å². The van der Waals surface area contributed by atoms with Crippen molar-refractivity contribution in [2.24, 2.45) is 0 Å². The molecule has 2 rings (SSSR count). The summed E-state index contributed by atoms with van der Waals surface area (Å²) in [5.74, 6) is 0.00320. The molecule has 2 aromatic rings. The molecule has 1 aromatic heterocycles. The topological polar surface area (TPSA) is 32.3 Å². The van der Waals surface area contributed by atoms with Gasteiger partial charge in [0.25, 0.3) is 0 Å². The monoisotopic (exact) mass is 356 g/mol. The van der Waals surface area contributed by atoms with Crippen molar-refractivity contribution in [1.29, 1.82) is 0 Å². The van der Waals surface area contributed by atoms with E-state index in [-0.39, 0.29) is 11.9 Å². The van der Waals surface area contributed by atoms with E-state index in [1.807, 2.05) is 48.5 Å². The molecule has 0 saturated heterocycles. The molecule has 22 heavy (non-hydrogen) atoms. The van der Waals surface area contributed by atoms with Crippen LogP contribution in [0.15, 0.2) is 35.7 Å².